The number of hydrogen-bond acceptors (Lipinski definition) is 3. The van der Waals surface area contributed by atoms with Gasteiger partial charge in [0.05, 0.1) is 6.61 Å². The standard InChI is InChI=1S/C9H12O2S/c1-3-4-11-9(10)8-5-7(2)6-12-8/h5-6H,3-4H2,1-2H3. The molecule has 0 fully saturated rings. The van der Waals surface area contributed by atoms with Crippen LogP contribution in [0.2, 0.25) is 0 Å². The predicted molar refractivity (Wildman–Crippen MR) is 49.6 cm³/mol. The summed E-state index contributed by atoms with van der Waals surface area (Å²) in [5.41, 5.74) is 1.11. The maximum absolute atomic E-state index is 11.2. The summed E-state index contributed by atoms with van der Waals surface area (Å²) in [6.07, 6.45) is 0.871. The lowest BCUT2D eigenvalue weighted by atomic mass is 10.3. The van der Waals surface area contributed by atoms with E-state index in [0.29, 0.717) is 11.5 Å². The van der Waals surface area contributed by atoms with Crippen molar-refractivity contribution in [3.8, 4) is 0 Å². The Balaban J connectivity index is 2.53. The molecule has 0 aliphatic heterocycles. The van der Waals surface area contributed by atoms with Crippen LogP contribution in [0.1, 0.15) is 28.6 Å². The van der Waals surface area contributed by atoms with Crippen LogP contribution in [0.5, 0.6) is 0 Å². The Labute approximate surface area is 76.2 Å². The van der Waals surface area contributed by atoms with E-state index in [1.165, 1.54) is 11.3 Å². The van der Waals surface area contributed by atoms with Gasteiger partial charge in [-0.15, -0.1) is 11.3 Å². The Morgan fingerprint density at radius 2 is 2.42 bits per heavy atom. The average molecular weight is 184 g/mol. The van der Waals surface area contributed by atoms with Crippen molar-refractivity contribution in [3.63, 3.8) is 0 Å². The molecule has 0 radical (unpaired) electrons. The van der Waals surface area contributed by atoms with Gasteiger partial charge in [-0.1, -0.05) is 6.92 Å². The molecule has 0 N–H and O–H groups in total. The van der Waals surface area contributed by atoms with E-state index in [2.05, 4.69) is 0 Å². The van der Waals surface area contributed by atoms with Gasteiger partial charge in [0, 0.05) is 0 Å². The summed E-state index contributed by atoms with van der Waals surface area (Å²) >= 11 is 1.43. The lowest BCUT2D eigenvalue weighted by Crippen LogP contribution is -2.03. The second kappa shape index (κ2) is 4.26. The molecule has 0 aliphatic carbocycles. The van der Waals surface area contributed by atoms with E-state index in [9.17, 15) is 4.79 Å². The second-order valence-corrected chi connectivity index (χ2v) is 3.54. The van der Waals surface area contributed by atoms with Crippen molar-refractivity contribution >= 4 is 17.3 Å². The van der Waals surface area contributed by atoms with Crippen LogP contribution >= 0.6 is 11.3 Å². The summed E-state index contributed by atoms with van der Waals surface area (Å²) in [6, 6.07) is 1.85. The van der Waals surface area contributed by atoms with Crippen molar-refractivity contribution in [1.82, 2.24) is 0 Å². The molecular weight excluding hydrogens is 172 g/mol. The first kappa shape index (κ1) is 9.26. The summed E-state index contributed by atoms with van der Waals surface area (Å²) in [7, 11) is 0. The van der Waals surface area contributed by atoms with E-state index in [4.69, 9.17) is 4.74 Å². The van der Waals surface area contributed by atoms with E-state index in [0.717, 1.165) is 12.0 Å². The highest BCUT2D eigenvalue weighted by molar-refractivity contribution is 7.12. The highest BCUT2D eigenvalue weighted by Gasteiger charge is 2.07. The van der Waals surface area contributed by atoms with Crippen molar-refractivity contribution < 1.29 is 9.53 Å². The number of carbonyl (C=O) groups is 1. The predicted octanol–water partition coefficient (Wildman–Crippen LogP) is 2.62. The summed E-state index contributed by atoms with van der Waals surface area (Å²) in [5.74, 6) is -0.199. The first-order chi connectivity index (χ1) is 5.74. The molecule has 0 atom stereocenters. The molecule has 66 valence electrons. The van der Waals surface area contributed by atoms with Crippen LogP contribution in [0, 0.1) is 6.92 Å². The Morgan fingerprint density at radius 3 is 2.92 bits per heavy atom. The topological polar surface area (TPSA) is 26.3 Å². The van der Waals surface area contributed by atoms with E-state index in [1.807, 2.05) is 25.3 Å². The monoisotopic (exact) mass is 184 g/mol. The Morgan fingerprint density at radius 1 is 1.67 bits per heavy atom. The van der Waals surface area contributed by atoms with E-state index in [1.54, 1.807) is 0 Å². The summed E-state index contributed by atoms with van der Waals surface area (Å²) in [5, 5.41) is 1.95. The molecule has 0 unspecified atom stereocenters. The zero-order chi connectivity index (χ0) is 8.97. The van der Waals surface area contributed by atoms with Gasteiger partial charge in [0.25, 0.3) is 0 Å². The number of thiophene rings is 1. The molecule has 1 aromatic heterocycles. The summed E-state index contributed by atoms with van der Waals surface area (Å²) in [4.78, 5) is 11.9. The summed E-state index contributed by atoms with van der Waals surface area (Å²) in [6.45, 7) is 4.45. The van der Waals surface area contributed by atoms with Gasteiger partial charge in [0.2, 0.25) is 0 Å². The van der Waals surface area contributed by atoms with Gasteiger partial charge >= 0.3 is 5.97 Å². The lowest BCUT2D eigenvalue weighted by molar-refractivity contribution is 0.0511. The third-order valence-electron chi connectivity index (χ3n) is 1.37. The van der Waals surface area contributed by atoms with Crippen LogP contribution in [0.3, 0.4) is 0 Å². The maximum atomic E-state index is 11.2. The molecule has 0 saturated carbocycles. The van der Waals surface area contributed by atoms with Crippen LogP contribution in [-0.2, 0) is 4.74 Å². The van der Waals surface area contributed by atoms with Crippen LogP contribution < -0.4 is 0 Å². The molecule has 1 aromatic rings. The van der Waals surface area contributed by atoms with Gasteiger partial charge in [-0.25, -0.2) is 4.79 Å². The number of hydrogen-bond donors (Lipinski definition) is 0. The van der Waals surface area contributed by atoms with Crippen LogP contribution in [-0.4, -0.2) is 12.6 Å². The minimum Gasteiger partial charge on any atom is -0.462 e. The normalized spacial score (nSPS) is 9.83. The van der Waals surface area contributed by atoms with Crippen molar-refractivity contribution in [1.29, 1.82) is 0 Å². The maximum Gasteiger partial charge on any atom is 0.348 e. The fourth-order valence-corrected chi connectivity index (χ4v) is 1.59. The van der Waals surface area contributed by atoms with Crippen LogP contribution in [0.15, 0.2) is 11.4 Å². The van der Waals surface area contributed by atoms with E-state index in [-0.39, 0.29) is 5.97 Å². The SMILES string of the molecule is CCCOC(=O)c1cc(C)cs1. The van der Waals surface area contributed by atoms with Crippen molar-refractivity contribution in [2.24, 2.45) is 0 Å². The first-order valence-electron chi connectivity index (χ1n) is 3.96. The minimum atomic E-state index is -0.199. The second-order valence-electron chi connectivity index (χ2n) is 2.62. The highest BCUT2D eigenvalue weighted by Crippen LogP contribution is 2.14. The molecule has 0 spiro atoms. The number of aryl methyl sites for hydroxylation is 1. The molecule has 0 amide bonds. The highest BCUT2D eigenvalue weighted by atomic mass is 32.1. The Bertz CT molecular complexity index is 265. The fourth-order valence-electron chi connectivity index (χ4n) is 0.804. The number of esters is 1. The summed E-state index contributed by atoms with van der Waals surface area (Å²) < 4.78 is 4.96. The van der Waals surface area contributed by atoms with E-state index < -0.39 is 0 Å². The smallest absolute Gasteiger partial charge is 0.348 e. The van der Waals surface area contributed by atoms with Crippen molar-refractivity contribution in [2.75, 3.05) is 6.61 Å². The average Bonchev–Trinajstić information content (AvgIpc) is 2.47. The number of carbonyl (C=O) groups excluding carboxylic acids is 1. The van der Waals surface area contributed by atoms with Gasteiger partial charge in [-0.05, 0) is 30.4 Å². The van der Waals surface area contributed by atoms with Crippen molar-refractivity contribution in [3.05, 3.63) is 21.9 Å². The zero-order valence-corrected chi connectivity index (χ0v) is 8.11. The van der Waals surface area contributed by atoms with Gasteiger partial charge in [-0.2, -0.15) is 0 Å². The molecule has 12 heavy (non-hydrogen) atoms. The van der Waals surface area contributed by atoms with E-state index >= 15 is 0 Å². The minimum absolute atomic E-state index is 0.199. The largest absolute Gasteiger partial charge is 0.462 e. The molecule has 2 nitrogen and oxygen atoms in total. The zero-order valence-electron chi connectivity index (χ0n) is 7.29. The fraction of sp³-hybridized carbons (Fsp3) is 0.444. The molecule has 3 heteroatoms. The number of rotatable bonds is 3. The molecule has 1 rings (SSSR count). The first-order valence-corrected chi connectivity index (χ1v) is 4.84. The van der Waals surface area contributed by atoms with Gasteiger partial charge in [0.1, 0.15) is 4.88 Å². The van der Waals surface area contributed by atoms with Gasteiger partial charge in [0.15, 0.2) is 0 Å². The third kappa shape index (κ3) is 2.34. The number of ether oxygens (including phenoxy) is 1. The van der Waals surface area contributed by atoms with Gasteiger partial charge < -0.3 is 4.74 Å². The quantitative estimate of drug-likeness (QED) is 0.675. The molecule has 1 heterocycles. The van der Waals surface area contributed by atoms with Crippen LogP contribution in [0.25, 0.3) is 0 Å². The third-order valence-corrected chi connectivity index (χ3v) is 2.40. The van der Waals surface area contributed by atoms with Gasteiger partial charge in [-0.3, -0.25) is 0 Å². The molecule has 0 aromatic carbocycles. The van der Waals surface area contributed by atoms with Crippen molar-refractivity contribution in [2.45, 2.75) is 20.3 Å². The molecule has 0 saturated heterocycles. The molecular formula is C9H12O2S. The molecule has 0 bridgehead atoms. The Hall–Kier alpha value is -0.830. The Kier molecular flexibility index (Phi) is 3.29. The van der Waals surface area contributed by atoms with Crippen LogP contribution in [0.4, 0.5) is 0 Å². The molecule has 0 aliphatic rings. The lowest BCUT2D eigenvalue weighted by Gasteiger charge is -1.98.